The molecular formula is C27H32F3NO3. The van der Waals surface area contributed by atoms with Gasteiger partial charge in [0.05, 0.1) is 12.1 Å². The van der Waals surface area contributed by atoms with Crippen LogP contribution in [0.2, 0.25) is 0 Å². The first kappa shape index (κ1) is 23.5. The third kappa shape index (κ3) is 3.67. The van der Waals surface area contributed by atoms with E-state index in [1.807, 2.05) is 13.1 Å². The number of aliphatic hydroxyl groups excluding tert-OH is 1. The molecular weight excluding hydrogens is 443 g/mol. The molecule has 3 aliphatic carbocycles. The Morgan fingerprint density at radius 2 is 1.94 bits per heavy atom. The number of rotatable bonds is 2. The van der Waals surface area contributed by atoms with Gasteiger partial charge in [0.2, 0.25) is 5.91 Å². The number of halogens is 3. The maximum absolute atomic E-state index is 12.8. The minimum Gasteiger partial charge on any atom is -0.406 e. The van der Waals surface area contributed by atoms with Crippen molar-refractivity contribution in [2.24, 2.45) is 28.6 Å². The van der Waals surface area contributed by atoms with Crippen LogP contribution < -0.4 is 4.74 Å². The van der Waals surface area contributed by atoms with Crippen LogP contribution in [0.4, 0.5) is 13.2 Å². The Morgan fingerprint density at radius 3 is 2.68 bits per heavy atom. The van der Waals surface area contributed by atoms with Gasteiger partial charge in [-0.15, -0.1) is 13.2 Å². The molecule has 7 heteroatoms. The average Bonchev–Trinajstić information content (AvgIpc) is 3.05. The van der Waals surface area contributed by atoms with Gasteiger partial charge < -0.3 is 14.7 Å². The summed E-state index contributed by atoms with van der Waals surface area (Å²) in [5, 5.41) is 10.8. The molecule has 0 bridgehead atoms. The zero-order valence-electron chi connectivity index (χ0n) is 19.8. The number of nitrogens with zero attached hydrogens (tertiary/aromatic N) is 1. The van der Waals surface area contributed by atoms with E-state index in [2.05, 4.69) is 24.7 Å². The molecule has 1 aliphatic heterocycles. The molecule has 4 aliphatic rings. The van der Waals surface area contributed by atoms with E-state index in [-0.39, 0.29) is 34.6 Å². The fourth-order valence-electron chi connectivity index (χ4n) is 7.83. The number of likely N-dealkylation sites (N-methyl/N-ethyl adjacent to an activating group) is 1. The van der Waals surface area contributed by atoms with Gasteiger partial charge in [-0.1, -0.05) is 38.1 Å². The van der Waals surface area contributed by atoms with Crippen LogP contribution in [-0.4, -0.2) is 41.5 Å². The highest BCUT2D eigenvalue weighted by Gasteiger charge is 2.61. The van der Waals surface area contributed by atoms with E-state index in [9.17, 15) is 23.1 Å². The normalized spacial score (nSPS) is 40.7. The molecule has 7 atom stereocenters. The summed E-state index contributed by atoms with van der Waals surface area (Å²) in [6, 6.07) is 5.86. The lowest BCUT2D eigenvalue weighted by Gasteiger charge is -2.60. The molecule has 1 amide bonds. The Labute approximate surface area is 198 Å². The van der Waals surface area contributed by atoms with Crippen molar-refractivity contribution in [1.29, 1.82) is 0 Å². The zero-order chi connectivity index (χ0) is 24.5. The Balaban J connectivity index is 1.57. The second-order valence-electron chi connectivity index (χ2n) is 11.1. The Morgan fingerprint density at radius 1 is 1.18 bits per heavy atom. The first-order chi connectivity index (χ1) is 15.9. The number of carbonyl (C=O) groups excluding carboxylic acids is 1. The first-order valence-electron chi connectivity index (χ1n) is 12.1. The zero-order valence-corrected chi connectivity index (χ0v) is 19.8. The van der Waals surface area contributed by atoms with Crippen molar-refractivity contribution in [2.45, 2.75) is 64.5 Å². The number of aliphatic hydroxyl groups is 1. The van der Waals surface area contributed by atoms with Gasteiger partial charge in [-0.2, -0.15) is 0 Å². The smallest absolute Gasteiger partial charge is 0.406 e. The van der Waals surface area contributed by atoms with Crippen molar-refractivity contribution in [2.75, 3.05) is 7.05 Å². The molecule has 0 spiro atoms. The maximum atomic E-state index is 12.8. The SMILES string of the molecule is CN1C(=O)C=C[C@]2(C)[C@H]3CC[C@]4(C)[C@@H](O)CC[C@H]4[C@@H]3CC(=Cc3cccc(OC(F)(F)F)c3)[C@@H]12. The number of hydrogen-bond acceptors (Lipinski definition) is 3. The van der Waals surface area contributed by atoms with Gasteiger partial charge in [-0.05, 0) is 84.6 Å². The minimum atomic E-state index is -4.75. The fourth-order valence-corrected chi connectivity index (χ4v) is 7.83. The van der Waals surface area contributed by atoms with Crippen molar-refractivity contribution >= 4 is 12.0 Å². The molecule has 1 heterocycles. The standard InChI is InChI=1S/C27H32F3NO3/c1-25-11-9-21-19(20(25)7-8-22(25)32)15-17(24-26(21,2)12-10-23(33)31(24)3)13-16-5-4-6-18(14-16)34-27(28,29)30/h4-6,10,12-14,19-22,24,32H,7-9,11,15H2,1-3H3/t19-,20-,21-,22-,24+,25-,26+/m0/s1. The lowest BCUT2D eigenvalue weighted by atomic mass is 9.47. The van der Waals surface area contributed by atoms with Crippen LogP contribution in [0, 0.1) is 28.6 Å². The molecule has 0 saturated heterocycles. The summed E-state index contributed by atoms with van der Waals surface area (Å²) in [5.41, 5.74) is 1.30. The summed E-state index contributed by atoms with van der Waals surface area (Å²) in [6.07, 6.45) is 5.19. The first-order valence-corrected chi connectivity index (χ1v) is 12.1. The van der Waals surface area contributed by atoms with Crippen molar-refractivity contribution < 1.29 is 27.8 Å². The van der Waals surface area contributed by atoms with Crippen molar-refractivity contribution in [3.8, 4) is 5.75 Å². The number of benzene rings is 1. The van der Waals surface area contributed by atoms with Gasteiger partial charge in [0.25, 0.3) is 0 Å². The predicted molar refractivity (Wildman–Crippen MR) is 123 cm³/mol. The van der Waals surface area contributed by atoms with Gasteiger partial charge in [-0.25, -0.2) is 0 Å². The van der Waals surface area contributed by atoms with E-state index in [1.165, 1.54) is 12.1 Å². The van der Waals surface area contributed by atoms with E-state index < -0.39 is 6.36 Å². The van der Waals surface area contributed by atoms with Crippen LogP contribution in [0.5, 0.6) is 5.75 Å². The van der Waals surface area contributed by atoms with Crippen LogP contribution in [0.3, 0.4) is 0 Å². The second-order valence-corrected chi connectivity index (χ2v) is 11.1. The molecule has 1 N–H and O–H groups in total. The summed E-state index contributed by atoms with van der Waals surface area (Å²) in [4.78, 5) is 14.5. The lowest BCUT2D eigenvalue weighted by Crippen LogP contribution is -2.60. The number of carbonyl (C=O) groups is 1. The van der Waals surface area contributed by atoms with Crippen LogP contribution >= 0.6 is 0 Å². The van der Waals surface area contributed by atoms with Gasteiger partial charge >= 0.3 is 6.36 Å². The van der Waals surface area contributed by atoms with E-state index in [0.29, 0.717) is 23.3 Å². The molecule has 3 fully saturated rings. The van der Waals surface area contributed by atoms with Gasteiger partial charge in [-0.3, -0.25) is 4.79 Å². The van der Waals surface area contributed by atoms with Crippen molar-refractivity contribution in [1.82, 2.24) is 4.90 Å². The van der Waals surface area contributed by atoms with Crippen LogP contribution in [0.1, 0.15) is 51.5 Å². The molecule has 184 valence electrons. The summed E-state index contributed by atoms with van der Waals surface area (Å²) in [5.74, 6) is 0.806. The van der Waals surface area contributed by atoms with E-state index in [1.54, 1.807) is 23.1 Å². The third-order valence-electron chi connectivity index (χ3n) is 9.36. The number of hydrogen-bond donors (Lipinski definition) is 1. The van der Waals surface area contributed by atoms with E-state index >= 15 is 0 Å². The summed E-state index contributed by atoms with van der Waals surface area (Å²) in [7, 11) is 1.82. The van der Waals surface area contributed by atoms with Gasteiger partial charge in [0, 0.05) is 12.5 Å². The monoisotopic (exact) mass is 475 g/mol. The van der Waals surface area contributed by atoms with Gasteiger partial charge in [0.1, 0.15) is 5.75 Å². The number of alkyl halides is 3. The third-order valence-corrected chi connectivity index (χ3v) is 9.36. The van der Waals surface area contributed by atoms with Crippen molar-refractivity contribution in [3.63, 3.8) is 0 Å². The molecule has 0 unspecified atom stereocenters. The molecule has 4 nitrogen and oxygen atoms in total. The number of ether oxygens (including phenoxy) is 1. The molecule has 1 aromatic rings. The van der Waals surface area contributed by atoms with Crippen LogP contribution in [0.25, 0.3) is 6.08 Å². The molecule has 34 heavy (non-hydrogen) atoms. The maximum Gasteiger partial charge on any atom is 0.573 e. The predicted octanol–water partition coefficient (Wildman–Crippen LogP) is 5.58. The molecule has 1 aromatic carbocycles. The summed E-state index contributed by atoms with van der Waals surface area (Å²) in [6.45, 7) is 4.44. The largest absolute Gasteiger partial charge is 0.573 e. The molecule has 3 saturated carbocycles. The quantitative estimate of drug-likeness (QED) is 0.608. The van der Waals surface area contributed by atoms with E-state index in [0.717, 1.165) is 37.7 Å². The summed E-state index contributed by atoms with van der Waals surface area (Å²) >= 11 is 0. The topological polar surface area (TPSA) is 49.8 Å². The van der Waals surface area contributed by atoms with Crippen molar-refractivity contribution in [3.05, 3.63) is 47.6 Å². The van der Waals surface area contributed by atoms with Crippen LogP contribution in [0.15, 0.2) is 42.0 Å². The Kier molecular flexibility index (Phi) is 5.43. The minimum absolute atomic E-state index is 0.0575. The Bertz CT molecular complexity index is 1050. The highest BCUT2D eigenvalue weighted by Crippen LogP contribution is 2.64. The summed E-state index contributed by atoms with van der Waals surface area (Å²) < 4.78 is 42.4. The fraction of sp³-hybridized carbons (Fsp3) is 0.593. The highest BCUT2D eigenvalue weighted by atomic mass is 19.4. The lowest BCUT2D eigenvalue weighted by molar-refractivity contribution is -0.274. The van der Waals surface area contributed by atoms with E-state index in [4.69, 9.17) is 0 Å². The van der Waals surface area contributed by atoms with Crippen LogP contribution in [-0.2, 0) is 4.79 Å². The second kappa shape index (κ2) is 7.87. The molecule has 0 aromatic heterocycles. The molecule has 0 radical (unpaired) electrons. The number of amides is 1. The van der Waals surface area contributed by atoms with Gasteiger partial charge in [0.15, 0.2) is 0 Å². The highest BCUT2D eigenvalue weighted by molar-refractivity contribution is 5.89. The average molecular weight is 476 g/mol. The Hall–Kier alpha value is -2.28. The number of fused-ring (bicyclic) bond motifs is 5. The molecule has 5 rings (SSSR count).